The van der Waals surface area contributed by atoms with E-state index in [9.17, 15) is 4.79 Å². The summed E-state index contributed by atoms with van der Waals surface area (Å²) in [6.45, 7) is 4.39. The van der Waals surface area contributed by atoms with E-state index >= 15 is 0 Å². The zero-order chi connectivity index (χ0) is 14.1. The van der Waals surface area contributed by atoms with Crippen LogP contribution in [0.4, 0.5) is 0 Å². The predicted molar refractivity (Wildman–Crippen MR) is 81.3 cm³/mol. The second kappa shape index (κ2) is 5.67. The van der Waals surface area contributed by atoms with Crippen molar-refractivity contribution >= 4 is 23.1 Å². The van der Waals surface area contributed by atoms with Gasteiger partial charge in [0, 0.05) is 31.4 Å². The minimum absolute atomic E-state index is 0.00138. The van der Waals surface area contributed by atoms with Crippen LogP contribution < -0.4 is 5.56 Å². The van der Waals surface area contributed by atoms with Crippen LogP contribution in [0.1, 0.15) is 22.0 Å². The van der Waals surface area contributed by atoms with E-state index in [4.69, 9.17) is 0 Å². The second-order valence-corrected chi connectivity index (χ2v) is 6.68. The van der Waals surface area contributed by atoms with E-state index in [1.165, 1.54) is 11.8 Å². The van der Waals surface area contributed by atoms with Crippen molar-refractivity contribution in [2.75, 3.05) is 12.8 Å². The summed E-state index contributed by atoms with van der Waals surface area (Å²) in [6, 6.07) is 0. The maximum absolute atomic E-state index is 12.1. The van der Waals surface area contributed by atoms with Crippen LogP contribution in [-0.4, -0.2) is 32.7 Å². The van der Waals surface area contributed by atoms with Gasteiger partial charge in [0.1, 0.15) is 0 Å². The van der Waals surface area contributed by atoms with Crippen LogP contribution in [0, 0.1) is 6.92 Å². The number of aromatic nitrogens is 3. The molecule has 2 aromatic heterocycles. The number of thiazole rings is 1. The fourth-order valence-electron chi connectivity index (χ4n) is 2.40. The summed E-state index contributed by atoms with van der Waals surface area (Å²) < 4.78 is 0. The van der Waals surface area contributed by atoms with Gasteiger partial charge >= 0.3 is 0 Å². The van der Waals surface area contributed by atoms with Gasteiger partial charge in [0.2, 0.25) is 0 Å². The largest absolute Gasteiger partial charge is 0.301 e. The molecule has 3 heterocycles. The average molecular weight is 308 g/mol. The van der Waals surface area contributed by atoms with Gasteiger partial charge in [-0.15, -0.1) is 11.3 Å². The summed E-state index contributed by atoms with van der Waals surface area (Å²) in [5.41, 5.74) is 2.84. The van der Waals surface area contributed by atoms with Crippen molar-refractivity contribution in [1.82, 2.24) is 19.9 Å². The zero-order valence-corrected chi connectivity index (χ0v) is 13.1. The lowest BCUT2D eigenvalue weighted by Crippen LogP contribution is -2.35. The van der Waals surface area contributed by atoms with Gasteiger partial charge in [0.15, 0.2) is 5.16 Å². The highest BCUT2D eigenvalue weighted by molar-refractivity contribution is 7.98. The highest BCUT2D eigenvalue weighted by atomic mass is 32.2. The molecule has 0 radical (unpaired) electrons. The van der Waals surface area contributed by atoms with Gasteiger partial charge in [-0.05, 0) is 13.2 Å². The normalized spacial score (nSPS) is 15.3. The number of nitrogens with one attached hydrogen (secondary N) is 1. The molecule has 0 unspecified atom stereocenters. The first-order chi connectivity index (χ1) is 9.65. The third kappa shape index (κ3) is 2.79. The molecule has 3 rings (SSSR count). The van der Waals surface area contributed by atoms with Crippen molar-refractivity contribution in [3.8, 4) is 0 Å². The molecular weight excluding hydrogens is 292 g/mol. The Labute approximate surface area is 125 Å². The van der Waals surface area contributed by atoms with Gasteiger partial charge in [0.25, 0.3) is 5.56 Å². The first kappa shape index (κ1) is 13.8. The Bertz CT molecular complexity index is 679. The summed E-state index contributed by atoms with van der Waals surface area (Å²) in [4.78, 5) is 26.2. The molecule has 0 atom stereocenters. The summed E-state index contributed by atoms with van der Waals surface area (Å²) in [6.07, 6.45) is 2.75. The van der Waals surface area contributed by atoms with Crippen molar-refractivity contribution in [2.24, 2.45) is 0 Å². The second-order valence-electron chi connectivity index (χ2n) is 4.82. The first-order valence-electron chi connectivity index (χ1n) is 6.45. The average Bonchev–Trinajstić information content (AvgIpc) is 2.84. The molecule has 106 valence electrons. The number of nitrogens with zero attached hydrogens (tertiary/aromatic N) is 3. The van der Waals surface area contributed by atoms with Crippen LogP contribution in [0.15, 0.2) is 15.3 Å². The highest BCUT2D eigenvalue weighted by Crippen LogP contribution is 2.19. The number of H-pyrrole nitrogens is 1. The van der Waals surface area contributed by atoms with Crippen molar-refractivity contribution < 1.29 is 0 Å². The number of aromatic amines is 1. The van der Waals surface area contributed by atoms with Crippen LogP contribution in [0.3, 0.4) is 0 Å². The zero-order valence-electron chi connectivity index (χ0n) is 11.5. The Kier molecular flexibility index (Phi) is 3.91. The van der Waals surface area contributed by atoms with E-state index in [2.05, 4.69) is 25.2 Å². The smallest absolute Gasteiger partial charge is 0.256 e. The monoisotopic (exact) mass is 308 g/mol. The number of hydrogen-bond donors (Lipinski definition) is 1. The van der Waals surface area contributed by atoms with Crippen molar-refractivity contribution in [2.45, 2.75) is 31.6 Å². The molecule has 1 aliphatic heterocycles. The molecule has 0 fully saturated rings. The molecule has 0 amide bonds. The minimum atomic E-state index is -0.00138. The summed E-state index contributed by atoms with van der Waals surface area (Å²) in [5, 5.41) is 3.88. The lowest BCUT2D eigenvalue weighted by Gasteiger charge is -2.26. The fraction of sp³-hybridized carbons (Fsp3) is 0.462. The SMILES string of the molecule is CSc1nc2c(c(=O)[nH]1)CN(Cc1csc(C)n1)CC2. The van der Waals surface area contributed by atoms with Crippen LogP contribution in [0.25, 0.3) is 0 Å². The molecule has 5 nitrogen and oxygen atoms in total. The first-order valence-corrected chi connectivity index (χ1v) is 8.55. The Morgan fingerprint density at radius 2 is 2.35 bits per heavy atom. The van der Waals surface area contributed by atoms with Gasteiger partial charge in [-0.1, -0.05) is 11.8 Å². The van der Waals surface area contributed by atoms with E-state index in [0.29, 0.717) is 11.7 Å². The van der Waals surface area contributed by atoms with Crippen molar-refractivity contribution in [3.05, 3.63) is 37.7 Å². The molecule has 7 heteroatoms. The molecule has 1 aliphatic rings. The maximum Gasteiger partial charge on any atom is 0.256 e. The Hall–Kier alpha value is -1.18. The van der Waals surface area contributed by atoms with E-state index in [0.717, 1.165) is 41.5 Å². The van der Waals surface area contributed by atoms with Crippen molar-refractivity contribution in [3.63, 3.8) is 0 Å². The maximum atomic E-state index is 12.1. The lowest BCUT2D eigenvalue weighted by molar-refractivity contribution is 0.238. The number of thioether (sulfide) groups is 1. The van der Waals surface area contributed by atoms with Crippen LogP contribution in [0.2, 0.25) is 0 Å². The number of fused-ring (bicyclic) bond motifs is 1. The Balaban J connectivity index is 1.80. The van der Waals surface area contributed by atoms with Crippen LogP contribution in [0.5, 0.6) is 0 Å². The van der Waals surface area contributed by atoms with E-state index in [1.807, 2.05) is 13.2 Å². The number of rotatable bonds is 3. The molecule has 0 aromatic carbocycles. The molecular formula is C13H16N4OS2. The van der Waals surface area contributed by atoms with Gasteiger partial charge in [-0.2, -0.15) is 0 Å². The number of aryl methyl sites for hydroxylation is 1. The fourth-order valence-corrected chi connectivity index (χ4v) is 3.40. The molecule has 0 saturated heterocycles. The molecule has 0 spiro atoms. The lowest BCUT2D eigenvalue weighted by atomic mass is 10.1. The third-order valence-electron chi connectivity index (χ3n) is 3.37. The van der Waals surface area contributed by atoms with Gasteiger partial charge in [-0.25, -0.2) is 9.97 Å². The topological polar surface area (TPSA) is 61.9 Å². The Morgan fingerprint density at radius 1 is 1.50 bits per heavy atom. The van der Waals surface area contributed by atoms with Crippen LogP contribution >= 0.6 is 23.1 Å². The van der Waals surface area contributed by atoms with Gasteiger partial charge < -0.3 is 4.98 Å². The summed E-state index contributed by atoms with van der Waals surface area (Å²) in [5.74, 6) is 0. The third-order valence-corrected chi connectivity index (χ3v) is 4.77. The quantitative estimate of drug-likeness (QED) is 0.692. The van der Waals surface area contributed by atoms with Crippen molar-refractivity contribution in [1.29, 1.82) is 0 Å². The minimum Gasteiger partial charge on any atom is -0.301 e. The predicted octanol–water partition coefficient (Wildman–Crippen LogP) is 1.82. The molecule has 0 bridgehead atoms. The van der Waals surface area contributed by atoms with Gasteiger partial charge in [0.05, 0.1) is 22.0 Å². The molecule has 20 heavy (non-hydrogen) atoms. The highest BCUT2D eigenvalue weighted by Gasteiger charge is 2.21. The number of hydrogen-bond acceptors (Lipinski definition) is 6. The van der Waals surface area contributed by atoms with Gasteiger partial charge in [-0.3, -0.25) is 9.69 Å². The summed E-state index contributed by atoms with van der Waals surface area (Å²) >= 11 is 3.14. The van der Waals surface area contributed by atoms with E-state index in [-0.39, 0.29) is 5.56 Å². The van der Waals surface area contributed by atoms with E-state index in [1.54, 1.807) is 11.3 Å². The van der Waals surface area contributed by atoms with Crippen LogP contribution in [-0.2, 0) is 19.5 Å². The molecule has 2 aromatic rings. The standard InChI is InChI=1S/C13H16N4OS2/c1-8-14-9(7-20-8)5-17-4-3-11-10(6-17)12(18)16-13(15-11)19-2/h7H,3-6H2,1-2H3,(H,15,16,18). The summed E-state index contributed by atoms with van der Waals surface area (Å²) in [7, 11) is 0. The molecule has 1 N–H and O–H groups in total. The van der Waals surface area contributed by atoms with E-state index < -0.39 is 0 Å². The molecule has 0 saturated carbocycles. The Morgan fingerprint density at radius 3 is 3.05 bits per heavy atom. The molecule has 0 aliphatic carbocycles.